The summed E-state index contributed by atoms with van der Waals surface area (Å²) < 4.78 is 37.4. The lowest BCUT2D eigenvalue weighted by atomic mass is 10.1. The fraction of sp³-hybridized carbons (Fsp3) is 0.0909. The predicted molar refractivity (Wildman–Crippen MR) is 68.3 cm³/mol. The van der Waals surface area contributed by atoms with Gasteiger partial charge in [-0.2, -0.15) is 13.2 Å². The van der Waals surface area contributed by atoms with Crippen molar-refractivity contribution in [3.05, 3.63) is 45.1 Å². The van der Waals surface area contributed by atoms with Gasteiger partial charge in [0.25, 0.3) is 0 Å². The molecule has 0 spiro atoms. The summed E-state index contributed by atoms with van der Waals surface area (Å²) in [5.74, 6) is -1.30. The average molecular weight is 314 g/mol. The number of halogens is 3. The first-order valence-electron chi connectivity index (χ1n) is 5.30. The van der Waals surface area contributed by atoms with Crippen molar-refractivity contribution in [2.75, 3.05) is 0 Å². The number of carboxylic acid groups (broad SMARTS) is 1. The van der Waals surface area contributed by atoms with Crippen LogP contribution in [-0.4, -0.2) is 16.1 Å². The van der Waals surface area contributed by atoms with Gasteiger partial charge in [0.1, 0.15) is 4.88 Å². The lowest BCUT2D eigenvalue weighted by Crippen LogP contribution is -2.04. The number of rotatable bonds is 3. The maximum atomic E-state index is 12.5. The minimum absolute atomic E-state index is 0.0383. The van der Waals surface area contributed by atoms with Crippen molar-refractivity contribution in [3.63, 3.8) is 0 Å². The van der Waals surface area contributed by atoms with E-state index in [-0.39, 0.29) is 21.3 Å². The Hall–Kier alpha value is -2.58. The molecule has 0 fully saturated rings. The van der Waals surface area contributed by atoms with Gasteiger partial charge in [0.05, 0.1) is 11.3 Å². The van der Waals surface area contributed by atoms with Crippen LogP contribution in [0.25, 0.3) is 21.7 Å². The molecule has 10 heteroatoms. The predicted octanol–water partition coefficient (Wildman–Crippen LogP) is 4.47. The van der Waals surface area contributed by atoms with E-state index in [1.807, 2.05) is 0 Å². The first-order valence-corrected chi connectivity index (χ1v) is 6.11. The van der Waals surface area contributed by atoms with Gasteiger partial charge < -0.3 is 5.11 Å². The molecule has 0 saturated carbocycles. The Bertz CT molecular complexity index is 733. The van der Waals surface area contributed by atoms with Crippen LogP contribution in [0.5, 0.6) is 0 Å². The molecule has 1 N–H and O–H groups in total. The molecule has 2 aromatic rings. The van der Waals surface area contributed by atoms with Crippen molar-refractivity contribution in [2.24, 2.45) is 5.11 Å². The van der Waals surface area contributed by atoms with Gasteiger partial charge in [-0.15, -0.1) is 11.3 Å². The fourth-order valence-corrected chi connectivity index (χ4v) is 2.29. The van der Waals surface area contributed by atoms with Crippen LogP contribution in [0.4, 0.5) is 18.3 Å². The van der Waals surface area contributed by atoms with Crippen LogP contribution in [0.15, 0.2) is 29.4 Å². The normalized spacial score (nSPS) is 11.0. The molecule has 0 radical (unpaired) electrons. The highest BCUT2D eigenvalue weighted by molar-refractivity contribution is 7.17. The molecule has 0 aliphatic rings. The van der Waals surface area contributed by atoms with Crippen molar-refractivity contribution < 1.29 is 23.1 Å². The number of aromatic carboxylic acids is 1. The summed E-state index contributed by atoms with van der Waals surface area (Å²) in [5.41, 5.74) is 7.61. The fourth-order valence-electron chi connectivity index (χ4n) is 1.55. The Balaban J connectivity index is 2.50. The molecule has 0 amide bonds. The zero-order valence-corrected chi connectivity index (χ0v) is 10.8. The topological polar surface area (TPSA) is 99.0 Å². The molecule has 2 rings (SSSR count). The Morgan fingerprint density at radius 1 is 1.33 bits per heavy atom. The molecule has 0 saturated heterocycles. The van der Waals surface area contributed by atoms with E-state index in [1.165, 1.54) is 0 Å². The van der Waals surface area contributed by atoms with Gasteiger partial charge >= 0.3 is 12.1 Å². The summed E-state index contributed by atoms with van der Waals surface area (Å²) in [6, 6.07) is 3.88. The number of carbonyl (C=O) groups is 1. The van der Waals surface area contributed by atoms with Gasteiger partial charge in [0, 0.05) is 10.5 Å². The minimum atomic E-state index is -4.48. The third-order valence-corrected chi connectivity index (χ3v) is 3.35. The van der Waals surface area contributed by atoms with E-state index >= 15 is 0 Å². The molecule has 1 aromatic heterocycles. The standard InChI is InChI=1S/C11H5F3N4O2S/c12-11(13,14)6-3-1-5(2-4-6)7-8(9(19)20)21-10(16-7)17-18-15/h1-4H,(H,19,20). The molecule has 0 aliphatic carbocycles. The number of thiazole rings is 1. The van der Waals surface area contributed by atoms with Crippen LogP contribution in [-0.2, 0) is 6.18 Å². The summed E-state index contributed by atoms with van der Waals surface area (Å²) in [4.78, 5) is 17.2. The number of nitrogens with zero attached hydrogens (tertiary/aromatic N) is 4. The van der Waals surface area contributed by atoms with Gasteiger partial charge in [0.15, 0.2) is 5.13 Å². The molecule has 0 unspecified atom stereocenters. The number of azide groups is 1. The van der Waals surface area contributed by atoms with E-state index in [1.54, 1.807) is 0 Å². The zero-order chi connectivity index (χ0) is 15.6. The number of benzene rings is 1. The van der Waals surface area contributed by atoms with Crippen molar-refractivity contribution >= 4 is 22.4 Å². The number of aromatic nitrogens is 1. The first kappa shape index (κ1) is 14.8. The number of hydrogen-bond donors (Lipinski definition) is 1. The second-order valence-electron chi connectivity index (χ2n) is 3.74. The minimum Gasteiger partial charge on any atom is -0.477 e. The summed E-state index contributed by atoms with van der Waals surface area (Å²) in [6.45, 7) is 0. The van der Waals surface area contributed by atoms with Crippen LogP contribution in [0, 0.1) is 0 Å². The van der Waals surface area contributed by atoms with E-state index < -0.39 is 17.7 Å². The van der Waals surface area contributed by atoms with Crippen LogP contribution in [0.2, 0.25) is 0 Å². The summed E-state index contributed by atoms with van der Waals surface area (Å²) in [6.07, 6.45) is -4.48. The maximum absolute atomic E-state index is 12.5. The molecule has 0 atom stereocenters. The lowest BCUT2D eigenvalue weighted by Gasteiger charge is -2.06. The Morgan fingerprint density at radius 3 is 2.43 bits per heavy atom. The summed E-state index contributed by atoms with van der Waals surface area (Å²) in [7, 11) is 0. The van der Waals surface area contributed by atoms with Crippen molar-refractivity contribution in [2.45, 2.75) is 6.18 Å². The monoisotopic (exact) mass is 314 g/mol. The lowest BCUT2D eigenvalue weighted by molar-refractivity contribution is -0.137. The second kappa shape index (κ2) is 5.43. The smallest absolute Gasteiger partial charge is 0.416 e. The van der Waals surface area contributed by atoms with E-state index in [9.17, 15) is 18.0 Å². The molecule has 108 valence electrons. The van der Waals surface area contributed by atoms with Crippen molar-refractivity contribution in [1.29, 1.82) is 0 Å². The summed E-state index contributed by atoms with van der Waals surface area (Å²) >= 11 is 0.643. The average Bonchev–Trinajstić information content (AvgIpc) is 2.82. The highest BCUT2D eigenvalue weighted by Gasteiger charge is 2.30. The number of carboxylic acids is 1. The highest BCUT2D eigenvalue weighted by atomic mass is 32.1. The largest absolute Gasteiger partial charge is 0.477 e. The highest BCUT2D eigenvalue weighted by Crippen LogP contribution is 2.35. The Morgan fingerprint density at radius 2 is 1.95 bits per heavy atom. The van der Waals surface area contributed by atoms with Crippen LogP contribution in [0.1, 0.15) is 15.2 Å². The van der Waals surface area contributed by atoms with Crippen molar-refractivity contribution in [1.82, 2.24) is 4.98 Å². The number of alkyl halides is 3. The molecule has 6 nitrogen and oxygen atoms in total. The van der Waals surface area contributed by atoms with E-state index in [0.29, 0.717) is 11.3 Å². The van der Waals surface area contributed by atoms with Crippen LogP contribution >= 0.6 is 11.3 Å². The molecular formula is C11H5F3N4O2S. The van der Waals surface area contributed by atoms with Gasteiger partial charge in [-0.25, -0.2) is 9.78 Å². The summed E-state index contributed by atoms with van der Waals surface area (Å²) in [5, 5.41) is 12.1. The Kier molecular flexibility index (Phi) is 3.83. The van der Waals surface area contributed by atoms with E-state index in [4.69, 9.17) is 10.6 Å². The SMILES string of the molecule is [N-]=[N+]=Nc1nc(-c2ccc(C(F)(F)F)cc2)c(C(=O)O)s1. The second-order valence-corrected chi connectivity index (χ2v) is 4.72. The van der Waals surface area contributed by atoms with Gasteiger partial charge in [-0.3, -0.25) is 0 Å². The van der Waals surface area contributed by atoms with E-state index in [0.717, 1.165) is 24.3 Å². The number of hydrogen-bond acceptors (Lipinski definition) is 4. The van der Waals surface area contributed by atoms with Gasteiger partial charge in [-0.05, 0) is 22.8 Å². The quantitative estimate of drug-likeness (QED) is 0.514. The third kappa shape index (κ3) is 3.12. The molecule has 0 bridgehead atoms. The Labute approximate surface area is 119 Å². The van der Waals surface area contributed by atoms with Gasteiger partial charge in [0.2, 0.25) is 0 Å². The van der Waals surface area contributed by atoms with Crippen LogP contribution in [0.3, 0.4) is 0 Å². The molecule has 21 heavy (non-hydrogen) atoms. The molecule has 1 heterocycles. The zero-order valence-electron chi connectivity index (χ0n) is 10.00. The van der Waals surface area contributed by atoms with Crippen LogP contribution < -0.4 is 0 Å². The maximum Gasteiger partial charge on any atom is 0.416 e. The van der Waals surface area contributed by atoms with Gasteiger partial charge in [-0.1, -0.05) is 12.1 Å². The third-order valence-electron chi connectivity index (χ3n) is 2.43. The first-order chi connectivity index (χ1) is 9.82. The molecule has 1 aromatic carbocycles. The van der Waals surface area contributed by atoms with Crippen molar-refractivity contribution in [3.8, 4) is 11.3 Å². The van der Waals surface area contributed by atoms with E-state index in [2.05, 4.69) is 15.0 Å². The molecule has 0 aliphatic heterocycles. The molecular weight excluding hydrogens is 309 g/mol.